The van der Waals surface area contributed by atoms with Crippen LogP contribution in [0.5, 0.6) is 0 Å². The van der Waals surface area contributed by atoms with E-state index in [2.05, 4.69) is 32.7 Å². The SMILES string of the molecule is C#CCSc1nnc2sc3ccccc3n12. The molecule has 0 atom stereocenters. The van der Waals surface area contributed by atoms with E-state index in [0.717, 1.165) is 15.6 Å². The van der Waals surface area contributed by atoms with E-state index < -0.39 is 0 Å². The smallest absolute Gasteiger partial charge is 0.217 e. The zero-order valence-corrected chi connectivity index (χ0v) is 9.88. The molecule has 0 aliphatic heterocycles. The normalized spacial score (nSPS) is 10.9. The molecule has 0 radical (unpaired) electrons. The molecule has 0 bridgehead atoms. The van der Waals surface area contributed by atoms with Crippen LogP contribution in [0, 0.1) is 12.3 Å². The van der Waals surface area contributed by atoms with Gasteiger partial charge in [-0.1, -0.05) is 41.2 Å². The van der Waals surface area contributed by atoms with Gasteiger partial charge in [-0.3, -0.25) is 4.40 Å². The molecular weight excluding hydrogens is 238 g/mol. The van der Waals surface area contributed by atoms with Crippen LogP contribution in [0.1, 0.15) is 0 Å². The molecule has 0 aliphatic rings. The van der Waals surface area contributed by atoms with Crippen LogP contribution in [0.15, 0.2) is 29.4 Å². The molecule has 2 heterocycles. The van der Waals surface area contributed by atoms with E-state index in [-0.39, 0.29) is 0 Å². The third-order valence-electron chi connectivity index (χ3n) is 2.20. The number of hydrogen-bond acceptors (Lipinski definition) is 4. The van der Waals surface area contributed by atoms with Crippen molar-refractivity contribution in [2.45, 2.75) is 5.16 Å². The van der Waals surface area contributed by atoms with E-state index >= 15 is 0 Å². The third kappa shape index (κ3) is 1.39. The Morgan fingerprint density at radius 2 is 2.25 bits per heavy atom. The number of thioether (sulfide) groups is 1. The van der Waals surface area contributed by atoms with E-state index in [0.29, 0.717) is 5.75 Å². The second-order valence-corrected chi connectivity index (χ2v) is 5.11. The molecule has 16 heavy (non-hydrogen) atoms. The molecule has 0 fully saturated rings. The van der Waals surface area contributed by atoms with Gasteiger partial charge in [-0.05, 0) is 12.1 Å². The lowest BCUT2D eigenvalue weighted by Crippen LogP contribution is -1.85. The maximum atomic E-state index is 5.25. The number of hydrogen-bond donors (Lipinski definition) is 0. The summed E-state index contributed by atoms with van der Waals surface area (Å²) in [6.07, 6.45) is 5.25. The highest BCUT2D eigenvalue weighted by Gasteiger charge is 2.11. The molecule has 0 saturated carbocycles. The highest BCUT2D eigenvalue weighted by molar-refractivity contribution is 7.99. The van der Waals surface area contributed by atoms with Gasteiger partial charge in [0, 0.05) is 0 Å². The molecule has 2 aromatic heterocycles. The molecule has 1 aromatic carbocycles. The van der Waals surface area contributed by atoms with Gasteiger partial charge in [0.25, 0.3) is 0 Å². The van der Waals surface area contributed by atoms with Crippen molar-refractivity contribution in [3.63, 3.8) is 0 Å². The highest BCUT2D eigenvalue weighted by atomic mass is 32.2. The molecule has 3 aromatic rings. The molecule has 78 valence electrons. The Hall–Kier alpha value is -1.51. The van der Waals surface area contributed by atoms with Gasteiger partial charge in [-0.25, -0.2) is 0 Å². The average molecular weight is 245 g/mol. The minimum atomic E-state index is 0.616. The molecule has 3 rings (SSSR count). The number of thiazole rings is 1. The lowest BCUT2D eigenvalue weighted by Gasteiger charge is -1.94. The number of aromatic nitrogens is 3. The molecule has 3 nitrogen and oxygen atoms in total. The Morgan fingerprint density at radius 3 is 3.12 bits per heavy atom. The van der Waals surface area contributed by atoms with Crippen molar-refractivity contribution in [2.24, 2.45) is 0 Å². The summed E-state index contributed by atoms with van der Waals surface area (Å²) >= 11 is 3.18. The molecule has 5 heteroatoms. The predicted octanol–water partition coefficient (Wildman–Crippen LogP) is 2.67. The number of benzene rings is 1. The Morgan fingerprint density at radius 1 is 1.38 bits per heavy atom. The molecule has 0 spiro atoms. The number of para-hydroxylation sites is 1. The van der Waals surface area contributed by atoms with Crippen LogP contribution in [0.4, 0.5) is 0 Å². The second-order valence-electron chi connectivity index (χ2n) is 3.16. The molecular formula is C11H7N3S2. The number of terminal acetylenes is 1. The first-order chi connectivity index (χ1) is 7.90. The van der Waals surface area contributed by atoms with Gasteiger partial charge in [-0.15, -0.1) is 16.6 Å². The minimum absolute atomic E-state index is 0.616. The first-order valence-corrected chi connectivity index (χ1v) is 6.49. The van der Waals surface area contributed by atoms with Crippen LogP contribution >= 0.6 is 23.1 Å². The van der Waals surface area contributed by atoms with Gasteiger partial charge in [0.2, 0.25) is 4.96 Å². The summed E-state index contributed by atoms with van der Waals surface area (Å²) in [5.41, 5.74) is 1.15. The van der Waals surface area contributed by atoms with Crippen LogP contribution in [-0.4, -0.2) is 20.4 Å². The monoisotopic (exact) mass is 245 g/mol. The summed E-state index contributed by atoms with van der Waals surface area (Å²) in [5.74, 6) is 3.21. The van der Waals surface area contributed by atoms with E-state index in [1.165, 1.54) is 16.5 Å². The summed E-state index contributed by atoms with van der Waals surface area (Å²) in [6.45, 7) is 0. The van der Waals surface area contributed by atoms with Crippen molar-refractivity contribution in [1.29, 1.82) is 0 Å². The van der Waals surface area contributed by atoms with Crippen molar-refractivity contribution >= 4 is 38.3 Å². The zero-order chi connectivity index (χ0) is 11.0. The van der Waals surface area contributed by atoms with Gasteiger partial charge < -0.3 is 0 Å². The Labute approximate surface area is 100 Å². The Bertz CT molecular complexity index is 690. The van der Waals surface area contributed by atoms with Gasteiger partial charge in [0.05, 0.1) is 16.0 Å². The van der Waals surface area contributed by atoms with Gasteiger partial charge in [0.1, 0.15) is 0 Å². The maximum absolute atomic E-state index is 5.25. The van der Waals surface area contributed by atoms with E-state index in [9.17, 15) is 0 Å². The first kappa shape index (κ1) is 9.70. The largest absolute Gasteiger partial charge is 0.260 e. The lowest BCUT2D eigenvalue weighted by atomic mass is 10.3. The van der Waals surface area contributed by atoms with Crippen molar-refractivity contribution in [3.8, 4) is 12.3 Å². The molecule has 0 N–H and O–H groups in total. The fourth-order valence-corrected chi connectivity index (χ4v) is 3.20. The zero-order valence-electron chi connectivity index (χ0n) is 8.25. The number of rotatable bonds is 2. The van der Waals surface area contributed by atoms with E-state index in [1.807, 2.05) is 12.1 Å². The summed E-state index contributed by atoms with van der Waals surface area (Å²) in [5, 5.41) is 9.15. The highest BCUT2D eigenvalue weighted by Crippen LogP contribution is 2.29. The van der Waals surface area contributed by atoms with Gasteiger partial charge in [0.15, 0.2) is 5.16 Å². The third-order valence-corrected chi connectivity index (χ3v) is 4.04. The summed E-state index contributed by atoms with van der Waals surface area (Å²) in [7, 11) is 0. The van der Waals surface area contributed by atoms with Crippen LogP contribution in [0.3, 0.4) is 0 Å². The average Bonchev–Trinajstić information content (AvgIpc) is 2.85. The number of nitrogens with zero attached hydrogens (tertiary/aromatic N) is 3. The molecule has 0 saturated heterocycles. The fraction of sp³-hybridized carbons (Fsp3) is 0.0909. The lowest BCUT2D eigenvalue weighted by molar-refractivity contribution is 0.943. The van der Waals surface area contributed by atoms with Gasteiger partial charge >= 0.3 is 0 Å². The fourth-order valence-electron chi connectivity index (χ4n) is 1.56. The maximum Gasteiger partial charge on any atom is 0.217 e. The topological polar surface area (TPSA) is 30.2 Å². The van der Waals surface area contributed by atoms with Crippen LogP contribution in [0.25, 0.3) is 15.2 Å². The van der Waals surface area contributed by atoms with Crippen molar-refractivity contribution in [1.82, 2.24) is 14.6 Å². The minimum Gasteiger partial charge on any atom is -0.260 e. The van der Waals surface area contributed by atoms with Crippen molar-refractivity contribution < 1.29 is 0 Å². The first-order valence-electron chi connectivity index (χ1n) is 4.69. The van der Waals surface area contributed by atoms with Crippen LogP contribution in [0.2, 0.25) is 0 Å². The summed E-state index contributed by atoms with van der Waals surface area (Å²) < 4.78 is 3.28. The van der Waals surface area contributed by atoms with Crippen molar-refractivity contribution in [3.05, 3.63) is 24.3 Å². The Balaban J connectivity index is 2.26. The van der Waals surface area contributed by atoms with E-state index in [1.54, 1.807) is 11.3 Å². The standard InChI is InChI=1S/C11H7N3S2/c1-2-7-15-10-12-13-11-14(10)8-5-3-4-6-9(8)16-11/h1,3-6H,7H2. The van der Waals surface area contributed by atoms with Crippen LogP contribution < -0.4 is 0 Å². The van der Waals surface area contributed by atoms with E-state index in [4.69, 9.17) is 6.42 Å². The molecule has 0 amide bonds. The molecule has 0 unspecified atom stereocenters. The quantitative estimate of drug-likeness (QED) is 0.513. The second kappa shape index (κ2) is 3.81. The number of fused-ring (bicyclic) bond motifs is 3. The van der Waals surface area contributed by atoms with Gasteiger partial charge in [-0.2, -0.15) is 0 Å². The Kier molecular flexibility index (Phi) is 2.31. The van der Waals surface area contributed by atoms with Crippen LogP contribution in [-0.2, 0) is 0 Å². The predicted molar refractivity (Wildman–Crippen MR) is 67.9 cm³/mol. The summed E-state index contributed by atoms with van der Waals surface area (Å²) in [4.78, 5) is 0.917. The summed E-state index contributed by atoms with van der Waals surface area (Å²) in [6, 6.07) is 8.20. The van der Waals surface area contributed by atoms with Crippen molar-refractivity contribution in [2.75, 3.05) is 5.75 Å². The molecule has 0 aliphatic carbocycles.